The van der Waals surface area contributed by atoms with Gasteiger partial charge in [-0.3, -0.25) is 0 Å². The van der Waals surface area contributed by atoms with Crippen LogP contribution in [0.2, 0.25) is 0 Å². The van der Waals surface area contributed by atoms with Crippen molar-refractivity contribution in [2.45, 2.75) is 57.0 Å². The largest absolute Gasteiger partial charge is 0.392 e. The Morgan fingerprint density at radius 2 is 2.00 bits per heavy atom. The number of hydrogen-bond acceptors (Lipinski definition) is 3. The number of rotatable bonds is 7. The molecule has 0 aliphatic heterocycles. The summed E-state index contributed by atoms with van der Waals surface area (Å²) in [6.07, 6.45) is 7.24. The highest BCUT2D eigenvalue weighted by atomic mass is 32.2. The quantitative estimate of drug-likeness (QED) is 0.761. The molecule has 1 aliphatic carbocycles. The van der Waals surface area contributed by atoms with Gasteiger partial charge in [-0.2, -0.15) is 0 Å². The molecule has 0 atom stereocenters. The van der Waals surface area contributed by atoms with Crippen LogP contribution in [0.5, 0.6) is 0 Å². The highest BCUT2D eigenvalue weighted by molar-refractivity contribution is 7.89. The first-order valence-electron chi connectivity index (χ1n) is 7.73. The van der Waals surface area contributed by atoms with Crippen LogP contribution in [-0.4, -0.2) is 20.1 Å². The van der Waals surface area contributed by atoms with E-state index in [1.54, 1.807) is 18.2 Å². The molecule has 0 spiro atoms. The Kier molecular flexibility index (Phi) is 5.79. The van der Waals surface area contributed by atoms with Crippen molar-refractivity contribution >= 4 is 10.0 Å². The van der Waals surface area contributed by atoms with Crippen molar-refractivity contribution in [3.05, 3.63) is 29.3 Å². The minimum atomic E-state index is -3.47. The summed E-state index contributed by atoms with van der Waals surface area (Å²) in [5.74, 6) is 0.787. The SMILES string of the molecule is Cc1ccc(S(=O)(=O)NCCCC2CCCC2)cc1CO. The van der Waals surface area contributed by atoms with E-state index < -0.39 is 10.0 Å². The fraction of sp³-hybridized carbons (Fsp3) is 0.625. The average Bonchev–Trinajstić information content (AvgIpc) is 2.97. The zero-order valence-corrected chi connectivity index (χ0v) is 13.5. The van der Waals surface area contributed by atoms with Crippen LogP contribution >= 0.6 is 0 Å². The molecule has 1 fully saturated rings. The van der Waals surface area contributed by atoms with Crippen LogP contribution < -0.4 is 4.72 Å². The zero-order chi connectivity index (χ0) is 15.3. The van der Waals surface area contributed by atoms with Gasteiger partial charge in [-0.25, -0.2) is 13.1 Å². The van der Waals surface area contributed by atoms with Gasteiger partial charge in [-0.1, -0.05) is 31.7 Å². The lowest BCUT2D eigenvalue weighted by Crippen LogP contribution is -2.25. The molecule has 0 radical (unpaired) electrons. The molecule has 1 aliphatic rings. The summed E-state index contributed by atoms with van der Waals surface area (Å²) in [6, 6.07) is 4.88. The summed E-state index contributed by atoms with van der Waals surface area (Å²) in [5.41, 5.74) is 1.56. The zero-order valence-electron chi connectivity index (χ0n) is 12.6. The van der Waals surface area contributed by atoms with E-state index in [0.717, 1.165) is 24.3 Å². The molecular weight excluding hydrogens is 286 g/mol. The minimum Gasteiger partial charge on any atom is -0.392 e. The van der Waals surface area contributed by atoms with Crippen LogP contribution in [0, 0.1) is 12.8 Å². The highest BCUT2D eigenvalue weighted by Gasteiger charge is 2.17. The molecule has 2 N–H and O–H groups in total. The van der Waals surface area contributed by atoms with Crippen LogP contribution in [0.1, 0.15) is 49.7 Å². The van der Waals surface area contributed by atoms with Crippen molar-refractivity contribution in [2.75, 3.05) is 6.54 Å². The van der Waals surface area contributed by atoms with Crippen molar-refractivity contribution in [1.29, 1.82) is 0 Å². The van der Waals surface area contributed by atoms with Gasteiger partial charge >= 0.3 is 0 Å². The van der Waals surface area contributed by atoms with Crippen LogP contribution in [0.3, 0.4) is 0 Å². The first kappa shape index (κ1) is 16.5. The molecule has 1 saturated carbocycles. The summed E-state index contributed by atoms with van der Waals surface area (Å²) in [7, 11) is -3.47. The van der Waals surface area contributed by atoms with Crippen molar-refractivity contribution in [2.24, 2.45) is 5.92 Å². The number of nitrogens with one attached hydrogen (secondary N) is 1. The standard InChI is InChI=1S/C16H25NO3S/c1-13-8-9-16(11-15(13)12-18)21(19,20)17-10-4-7-14-5-2-3-6-14/h8-9,11,14,17-18H,2-7,10,12H2,1H3. The fourth-order valence-electron chi connectivity index (χ4n) is 2.96. The minimum absolute atomic E-state index is 0.142. The molecule has 1 aromatic carbocycles. The lowest BCUT2D eigenvalue weighted by atomic mass is 10.0. The van der Waals surface area contributed by atoms with Crippen molar-refractivity contribution in [3.8, 4) is 0 Å². The van der Waals surface area contributed by atoms with E-state index in [-0.39, 0.29) is 11.5 Å². The van der Waals surface area contributed by atoms with Gasteiger partial charge in [0, 0.05) is 6.54 Å². The van der Waals surface area contributed by atoms with Gasteiger partial charge < -0.3 is 5.11 Å². The van der Waals surface area contributed by atoms with Gasteiger partial charge in [0.1, 0.15) is 0 Å². The maximum atomic E-state index is 12.2. The molecule has 2 rings (SSSR count). The molecule has 21 heavy (non-hydrogen) atoms. The van der Waals surface area contributed by atoms with E-state index in [1.165, 1.54) is 25.7 Å². The summed E-state index contributed by atoms with van der Waals surface area (Å²) in [4.78, 5) is 0.234. The summed E-state index contributed by atoms with van der Waals surface area (Å²) in [5, 5.41) is 9.23. The molecule has 5 heteroatoms. The summed E-state index contributed by atoms with van der Waals surface area (Å²) in [6.45, 7) is 2.20. The molecule has 1 aromatic rings. The second-order valence-electron chi connectivity index (χ2n) is 5.94. The maximum Gasteiger partial charge on any atom is 0.240 e. The van der Waals surface area contributed by atoms with E-state index in [4.69, 9.17) is 0 Å². The highest BCUT2D eigenvalue weighted by Crippen LogP contribution is 2.28. The smallest absolute Gasteiger partial charge is 0.240 e. The number of aliphatic hydroxyl groups excluding tert-OH is 1. The van der Waals surface area contributed by atoms with Crippen LogP contribution in [0.25, 0.3) is 0 Å². The Balaban J connectivity index is 1.88. The summed E-state index contributed by atoms with van der Waals surface area (Å²) < 4.78 is 27.1. The predicted octanol–water partition coefficient (Wildman–Crippen LogP) is 2.74. The Morgan fingerprint density at radius 1 is 1.29 bits per heavy atom. The van der Waals surface area contributed by atoms with E-state index in [2.05, 4.69) is 4.72 Å². The molecule has 4 nitrogen and oxygen atoms in total. The van der Waals surface area contributed by atoms with Crippen LogP contribution in [-0.2, 0) is 16.6 Å². The number of aliphatic hydroxyl groups is 1. The maximum absolute atomic E-state index is 12.2. The van der Waals surface area contributed by atoms with Crippen molar-refractivity contribution in [3.63, 3.8) is 0 Å². The van der Waals surface area contributed by atoms with Crippen molar-refractivity contribution in [1.82, 2.24) is 4.72 Å². The molecule has 0 aromatic heterocycles. The fourth-order valence-corrected chi connectivity index (χ4v) is 4.09. The number of sulfonamides is 1. The van der Waals surface area contributed by atoms with E-state index in [0.29, 0.717) is 12.1 Å². The van der Waals surface area contributed by atoms with Gasteiger partial charge in [0.2, 0.25) is 10.0 Å². The lowest BCUT2D eigenvalue weighted by molar-refractivity contribution is 0.280. The topological polar surface area (TPSA) is 66.4 Å². The van der Waals surface area contributed by atoms with Crippen LogP contribution in [0.4, 0.5) is 0 Å². The Labute approximate surface area is 127 Å². The Morgan fingerprint density at radius 3 is 2.67 bits per heavy atom. The Hall–Kier alpha value is -0.910. The third-order valence-corrected chi connectivity index (χ3v) is 5.82. The monoisotopic (exact) mass is 311 g/mol. The molecular formula is C16H25NO3S. The van der Waals surface area contributed by atoms with Gasteiger partial charge in [0.25, 0.3) is 0 Å². The second kappa shape index (κ2) is 7.38. The normalized spacial score (nSPS) is 16.5. The molecule has 0 bridgehead atoms. The Bertz CT molecular complexity index is 563. The van der Waals surface area contributed by atoms with Gasteiger partial charge in [0.05, 0.1) is 11.5 Å². The van der Waals surface area contributed by atoms with Gasteiger partial charge in [0.15, 0.2) is 0 Å². The van der Waals surface area contributed by atoms with Crippen LogP contribution in [0.15, 0.2) is 23.1 Å². The number of aryl methyl sites for hydroxylation is 1. The lowest BCUT2D eigenvalue weighted by Gasteiger charge is -2.11. The van der Waals surface area contributed by atoms with E-state index in [1.807, 2.05) is 6.92 Å². The molecule has 0 saturated heterocycles. The third kappa shape index (κ3) is 4.53. The first-order chi connectivity index (χ1) is 10.0. The van der Waals surface area contributed by atoms with E-state index >= 15 is 0 Å². The molecule has 0 unspecified atom stereocenters. The van der Waals surface area contributed by atoms with Crippen molar-refractivity contribution < 1.29 is 13.5 Å². The average molecular weight is 311 g/mol. The number of benzene rings is 1. The molecule has 118 valence electrons. The predicted molar refractivity (Wildman–Crippen MR) is 83.5 cm³/mol. The van der Waals surface area contributed by atoms with Gasteiger partial charge in [-0.15, -0.1) is 0 Å². The third-order valence-electron chi connectivity index (χ3n) is 4.36. The summed E-state index contributed by atoms with van der Waals surface area (Å²) >= 11 is 0. The van der Waals surface area contributed by atoms with Gasteiger partial charge in [-0.05, 0) is 48.9 Å². The molecule has 0 amide bonds. The first-order valence-corrected chi connectivity index (χ1v) is 9.21. The second-order valence-corrected chi connectivity index (χ2v) is 7.70. The molecule has 0 heterocycles. The van der Waals surface area contributed by atoms with E-state index in [9.17, 15) is 13.5 Å². The number of hydrogen-bond donors (Lipinski definition) is 2.